The maximum absolute atomic E-state index is 13.7. The molecule has 5 rings (SSSR count). The highest BCUT2D eigenvalue weighted by atomic mass is 16.6. The molecule has 1 saturated heterocycles. The van der Waals surface area contributed by atoms with Gasteiger partial charge in [0.2, 0.25) is 5.91 Å². The smallest absolute Gasteiger partial charge is 0.409 e. The number of nitrogens with zero attached hydrogens (tertiary/aromatic N) is 5. The van der Waals surface area contributed by atoms with E-state index in [1.807, 2.05) is 11.0 Å². The topological polar surface area (TPSA) is 80.6 Å². The number of aromatic nitrogens is 3. The minimum atomic E-state index is -0.703. The molecule has 2 aromatic rings. The number of anilines is 1. The number of unbranched alkanes of at least 4 members (excludes halogenated alkanes) is 1. The average Bonchev–Trinajstić information content (AvgIpc) is 3.24. The van der Waals surface area contributed by atoms with Crippen molar-refractivity contribution in [3.05, 3.63) is 41.2 Å². The fourth-order valence-corrected chi connectivity index (χ4v) is 5.40. The van der Waals surface area contributed by atoms with E-state index in [4.69, 9.17) is 9.72 Å². The van der Waals surface area contributed by atoms with Crippen molar-refractivity contribution >= 4 is 17.7 Å². The van der Waals surface area contributed by atoms with E-state index in [2.05, 4.69) is 16.5 Å². The Balaban J connectivity index is 1.45. The Hall–Kier alpha value is -2.90. The number of imidazole rings is 1. The van der Waals surface area contributed by atoms with E-state index in [0.717, 1.165) is 49.3 Å². The largest absolute Gasteiger partial charge is 0.450 e. The normalized spacial score (nSPS) is 18.5. The highest BCUT2D eigenvalue weighted by Crippen LogP contribution is 2.47. The van der Waals surface area contributed by atoms with Crippen LogP contribution in [-0.4, -0.2) is 51.1 Å². The first-order valence-electron chi connectivity index (χ1n) is 11.8. The van der Waals surface area contributed by atoms with Gasteiger partial charge in [-0.3, -0.25) is 9.78 Å². The molecule has 2 aromatic heterocycles. The third-order valence-electron chi connectivity index (χ3n) is 7.05. The van der Waals surface area contributed by atoms with Crippen molar-refractivity contribution in [2.24, 2.45) is 0 Å². The van der Waals surface area contributed by atoms with Crippen LogP contribution in [0.2, 0.25) is 0 Å². The van der Waals surface area contributed by atoms with Gasteiger partial charge in [0, 0.05) is 31.5 Å². The van der Waals surface area contributed by atoms with Gasteiger partial charge < -0.3 is 19.1 Å². The number of rotatable bonds is 6. The van der Waals surface area contributed by atoms with Gasteiger partial charge in [0.15, 0.2) is 0 Å². The molecule has 3 aliphatic rings. The lowest BCUT2D eigenvalue weighted by atomic mass is 9.75. The van der Waals surface area contributed by atoms with Crippen molar-refractivity contribution in [2.75, 3.05) is 24.6 Å². The van der Waals surface area contributed by atoms with Crippen molar-refractivity contribution < 1.29 is 14.3 Å². The van der Waals surface area contributed by atoms with Crippen LogP contribution in [0.15, 0.2) is 18.5 Å². The summed E-state index contributed by atoms with van der Waals surface area (Å²) in [6, 6.07) is 1.92. The maximum atomic E-state index is 13.7. The zero-order valence-corrected chi connectivity index (χ0v) is 19.0. The highest BCUT2D eigenvalue weighted by Gasteiger charge is 2.59. The average molecular weight is 438 g/mol. The number of hydrogen-bond acceptors (Lipinski definition) is 5. The second-order valence-electron chi connectivity index (χ2n) is 9.05. The number of ether oxygens (including phenoxy) is 1. The van der Waals surface area contributed by atoms with Crippen LogP contribution in [0.4, 0.5) is 10.5 Å². The van der Waals surface area contributed by atoms with Gasteiger partial charge in [-0.1, -0.05) is 13.3 Å². The third-order valence-corrected chi connectivity index (χ3v) is 7.05. The summed E-state index contributed by atoms with van der Waals surface area (Å²) >= 11 is 0. The van der Waals surface area contributed by atoms with Crippen LogP contribution in [0.5, 0.6) is 0 Å². The summed E-state index contributed by atoms with van der Waals surface area (Å²) in [7, 11) is 0. The van der Waals surface area contributed by atoms with Gasteiger partial charge in [0.25, 0.3) is 0 Å². The van der Waals surface area contributed by atoms with Gasteiger partial charge in [-0.25, -0.2) is 9.78 Å². The standard InChI is InChI=1S/C24H31N5O3/c1-3-5-12-28-19-9-7-6-8-18(19)26-21(28)14-29-20-13-25-11-10-17(20)24(22(29)30)15-27(16-24)23(31)32-4-2/h10-11,13H,3-9,12,14-16H2,1-2H3. The van der Waals surface area contributed by atoms with Gasteiger partial charge in [-0.05, 0) is 50.7 Å². The summed E-state index contributed by atoms with van der Waals surface area (Å²) in [5.74, 6) is 0.996. The number of fused-ring (bicyclic) bond motifs is 3. The number of carbonyl (C=O) groups excluding carboxylic acids is 2. The second-order valence-corrected chi connectivity index (χ2v) is 9.05. The summed E-state index contributed by atoms with van der Waals surface area (Å²) in [4.78, 5) is 38.7. The van der Waals surface area contributed by atoms with Crippen LogP contribution in [0, 0.1) is 0 Å². The number of aryl methyl sites for hydroxylation is 1. The molecule has 0 aromatic carbocycles. The summed E-state index contributed by atoms with van der Waals surface area (Å²) in [5, 5.41) is 0. The van der Waals surface area contributed by atoms with Crippen molar-refractivity contribution in [3.63, 3.8) is 0 Å². The Morgan fingerprint density at radius 3 is 2.81 bits per heavy atom. The maximum Gasteiger partial charge on any atom is 0.409 e. The van der Waals surface area contributed by atoms with Gasteiger partial charge in [-0.2, -0.15) is 0 Å². The number of hydrogen-bond donors (Lipinski definition) is 0. The minimum Gasteiger partial charge on any atom is -0.450 e. The van der Waals surface area contributed by atoms with E-state index >= 15 is 0 Å². The molecule has 0 saturated carbocycles. The van der Waals surface area contributed by atoms with E-state index < -0.39 is 5.41 Å². The molecule has 2 amide bonds. The molecule has 0 N–H and O–H groups in total. The Labute approximate surface area is 188 Å². The van der Waals surface area contributed by atoms with Gasteiger partial charge in [-0.15, -0.1) is 0 Å². The van der Waals surface area contributed by atoms with E-state index in [-0.39, 0.29) is 12.0 Å². The number of pyridine rings is 1. The van der Waals surface area contributed by atoms with Crippen molar-refractivity contribution in [2.45, 2.75) is 70.9 Å². The molecule has 8 nitrogen and oxygen atoms in total. The van der Waals surface area contributed by atoms with E-state index in [1.54, 1.807) is 24.2 Å². The zero-order valence-electron chi connectivity index (χ0n) is 19.0. The van der Waals surface area contributed by atoms with Gasteiger partial charge in [0.05, 0.1) is 30.7 Å². The Kier molecular flexibility index (Phi) is 5.39. The zero-order chi connectivity index (χ0) is 22.3. The molecular formula is C24H31N5O3. The Morgan fingerprint density at radius 2 is 2.03 bits per heavy atom. The fraction of sp³-hybridized carbons (Fsp3) is 0.583. The molecule has 1 fully saturated rings. The SMILES string of the molecule is CCCCn1c(CN2C(=O)C3(CN(C(=O)OCC)C3)c3ccncc32)nc2c1CCCC2. The van der Waals surface area contributed by atoms with E-state index in [9.17, 15) is 9.59 Å². The summed E-state index contributed by atoms with van der Waals surface area (Å²) in [6.45, 7) is 6.39. The summed E-state index contributed by atoms with van der Waals surface area (Å²) in [6.07, 6.45) is 9.82. The minimum absolute atomic E-state index is 0.0315. The summed E-state index contributed by atoms with van der Waals surface area (Å²) in [5.41, 5.74) is 3.64. The number of amides is 2. The van der Waals surface area contributed by atoms with E-state index in [0.29, 0.717) is 26.2 Å². The molecule has 1 aliphatic carbocycles. The Morgan fingerprint density at radius 1 is 1.22 bits per heavy atom. The molecule has 0 unspecified atom stereocenters. The van der Waals surface area contributed by atoms with Gasteiger partial charge >= 0.3 is 6.09 Å². The predicted octanol–water partition coefficient (Wildman–Crippen LogP) is 3.21. The number of carbonyl (C=O) groups is 2. The first-order valence-corrected chi connectivity index (χ1v) is 11.8. The monoisotopic (exact) mass is 437 g/mol. The second kappa shape index (κ2) is 8.22. The van der Waals surface area contributed by atoms with Crippen LogP contribution in [-0.2, 0) is 40.9 Å². The molecular weight excluding hydrogens is 406 g/mol. The van der Waals surface area contributed by atoms with Crippen LogP contribution in [0.25, 0.3) is 0 Å². The van der Waals surface area contributed by atoms with E-state index in [1.165, 1.54) is 24.2 Å². The quantitative estimate of drug-likeness (QED) is 0.693. The predicted molar refractivity (Wildman–Crippen MR) is 119 cm³/mol. The first kappa shape index (κ1) is 21.0. The molecule has 2 aliphatic heterocycles. The molecule has 0 bridgehead atoms. The van der Waals surface area contributed by atoms with Crippen molar-refractivity contribution in [1.29, 1.82) is 0 Å². The van der Waals surface area contributed by atoms with Crippen LogP contribution < -0.4 is 4.90 Å². The Bertz CT molecular complexity index is 1040. The fourth-order valence-electron chi connectivity index (χ4n) is 5.40. The highest BCUT2D eigenvalue weighted by molar-refractivity contribution is 6.09. The van der Waals surface area contributed by atoms with Crippen molar-refractivity contribution in [3.8, 4) is 0 Å². The number of likely N-dealkylation sites (tertiary alicyclic amines) is 1. The van der Waals surface area contributed by atoms with Crippen LogP contribution in [0.3, 0.4) is 0 Å². The molecule has 0 radical (unpaired) electrons. The van der Waals surface area contributed by atoms with Crippen LogP contribution >= 0.6 is 0 Å². The molecule has 1 spiro atoms. The molecule has 8 heteroatoms. The molecule has 32 heavy (non-hydrogen) atoms. The lowest BCUT2D eigenvalue weighted by Gasteiger charge is -2.45. The van der Waals surface area contributed by atoms with Crippen LogP contribution in [0.1, 0.15) is 62.3 Å². The first-order chi connectivity index (χ1) is 15.6. The molecule has 4 heterocycles. The lowest BCUT2D eigenvalue weighted by Crippen LogP contribution is -2.65. The summed E-state index contributed by atoms with van der Waals surface area (Å²) < 4.78 is 7.49. The third kappa shape index (κ3) is 3.19. The van der Waals surface area contributed by atoms with Gasteiger partial charge in [0.1, 0.15) is 11.2 Å². The van der Waals surface area contributed by atoms with Crippen molar-refractivity contribution in [1.82, 2.24) is 19.4 Å². The molecule has 0 atom stereocenters. The molecule has 170 valence electrons. The lowest BCUT2D eigenvalue weighted by molar-refractivity contribution is -0.128.